The highest BCUT2D eigenvalue weighted by molar-refractivity contribution is 5.90. The minimum absolute atomic E-state index is 0.929. The van der Waals surface area contributed by atoms with E-state index in [1.165, 1.54) is 22.2 Å². The van der Waals surface area contributed by atoms with Gasteiger partial charge in [-0.25, -0.2) is 0 Å². The molecule has 0 aliphatic carbocycles. The number of aryl methyl sites for hydroxylation is 2. The summed E-state index contributed by atoms with van der Waals surface area (Å²) in [6, 6.07) is 4.28. The lowest BCUT2D eigenvalue weighted by Gasteiger charge is -2.03. The van der Waals surface area contributed by atoms with E-state index >= 15 is 0 Å². The van der Waals surface area contributed by atoms with Gasteiger partial charge in [0.2, 0.25) is 0 Å². The topological polar surface area (TPSA) is 37.0 Å². The van der Waals surface area contributed by atoms with E-state index in [1.54, 1.807) is 7.11 Å². The Balaban J connectivity index is 2.56. The van der Waals surface area contributed by atoms with Crippen LogP contribution in [0.4, 0.5) is 0 Å². The van der Waals surface area contributed by atoms with Gasteiger partial charge in [0.1, 0.15) is 5.75 Å². The first-order chi connectivity index (χ1) is 8.17. The van der Waals surface area contributed by atoms with Crippen LogP contribution in [0.5, 0.6) is 5.75 Å². The number of fused-ring (bicyclic) bond motifs is 1. The third kappa shape index (κ3) is 2.15. The van der Waals surface area contributed by atoms with Gasteiger partial charge in [-0.3, -0.25) is 0 Å². The largest absolute Gasteiger partial charge is 0.495 e. The summed E-state index contributed by atoms with van der Waals surface area (Å²) in [4.78, 5) is 3.48. The first-order valence-corrected chi connectivity index (χ1v) is 5.97. The standard InChI is InChI=1S/C14H20N2O/c1-9-7-11-10(2)12(5-6-15-3)16-14(11)13(8-9)17-4/h7-8,15-16H,5-6H2,1-4H3. The number of hydrogen-bond donors (Lipinski definition) is 2. The lowest BCUT2D eigenvalue weighted by Crippen LogP contribution is -2.10. The number of hydrogen-bond acceptors (Lipinski definition) is 2. The summed E-state index contributed by atoms with van der Waals surface area (Å²) in [5, 5.41) is 4.45. The molecule has 0 amide bonds. The smallest absolute Gasteiger partial charge is 0.143 e. The summed E-state index contributed by atoms with van der Waals surface area (Å²) >= 11 is 0. The molecule has 0 aliphatic heterocycles. The van der Waals surface area contributed by atoms with Crippen molar-refractivity contribution in [3.05, 3.63) is 29.0 Å². The van der Waals surface area contributed by atoms with Crippen LogP contribution < -0.4 is 10.1 Å². The average molecular weight is 232 g/mol. The average Bonchev–Trinajstić information content (AvgIpc) is 2.63. The number of ether oxygens (including phenoxy) is 1. The highest BCUT2D eigenvalue weighted by atomic mass is 16.5. The zero-order valence-corrected chi connectivity index (χ0v) is 11.0. The fourth-order valence-corrected chi connectivity index (χ4v) is 2.25. The van der Waals surface area contributed by atoms with E-state index in [2.05, 4.69) is 36.3 Å². The summed E-state index contributed by atoms with van der Waals surface area (Å²) in [6.07, 6.45) is 1.01. The molecule has 0 aliphatic rings. The number of aromatic amines is 1. The van der Waals surface area contributed by atoms with E-state index < -0.39 is 0 Å². The van der Waals surface area contributed by atoms with Gasteiger partial charge in [0, 0.05) is 24.0 Å². The molecule has 17 heavy (non-hydrogen) atoms. The Kier molecular flexibility index (Phi) is 3.38. The van der Waals surface area contributed by atoms with Gasteiger partial charge in [0.05, 0.1) is 12.6 Å². The summed E-state index contributed by atoms with van der Waals surface area (Å²) < 4.78 is 5.43. The van der Waals surface area contributed by atoms with Gasteiger partial charge in [-0.15, -0.1) is 0 Å². The van der Waals surface area contributed by atoms with Crippen LogP contribution in [0.15, 0.2) is 12.1 Å². The molecule has 0 bridgehead atoms. The summed E-state index contributed by atoms with van der Waals surface area (Å²) in [6.45, 7) is 5.25. The number of benzene rings is 1. The van der Waals surface area contributed by atoms with Crippen LogP contribution in [-0.2, 0) is 6.42 Å². The molecule has 0 saturated heterocycles. The summed E-state index contributed by atoms with van der Waals surface area (Å²) in [5.74, 6) is 0.929. The van der Waals surface area contributed by atoms with E-state index in [-0.39, 0.29) is 0 Å². The number of rotatable bonds is 4. The molecule has 0 spiro atoms. The molecule has 0 atom stereocenters. The SMILES string of the molecule is CNCCc1[nH]c2c(OC)cc(C)cc2c1C. The van der Waals surface area contributed by atoms with Gasteiger partial charge in [-0.1, -0.05) is 0 Å². The Morgan fingerprint density at radius 3 is 2.71 bits per heavy atom. The van der Waals surface area contributed by atoms with Crippen molar-refractivity contribution in [2.75, 3.05) is 20.7 Å². The van der Waals surface area contributed by atoms with E-state index in [0.29, 0.717) is 0 Å². The highest BCUT2D eigenvalue weighted by Crippen LogP contribution is 2.30. The normalized spacial score (nSPS) is 11.1. The molecule has 3 nitrogen and oxygen atoms in total. The van der Waals surface area contributed by atoms with Crippen molar-refractivity contribution in [2.45, 2.75) is 20.3 Å². The maximum atomic E-state index is 5.43. The molecule has 1 aromatic heterocycles. The molecule has 0 radical (unpaired) electrons. The van der Waals surface area contributed by atoms with E-state index in [9.17, 15) is 0 Å². The lowest BCUT2D eigenvalue weighted by atomic mass is 10.1. The van der Waals surface area contributed by atoms with Crippen molar-refractivity contribution in [3.8, 4) is 5.75 Å². The van der Waals surface area contributed by atoms with Crippen LogP contribution in [0.1, 0.15) is 16.8 Å². The van der Waals surface area contributed by atoms with Crippen molar-refractivity contribution in [3.63, 3.8) is 0 Å². The molecule has 2 aromatic rings. The molecule has 2 rings (SSSR count). The quantitative estimate of drug-likeness (QED) is 0.850. The minimum atomic E-state index is 0.929. The predicted molar refractivity (Wildman–Crippen MR) is 72.0 cm³/mol. The zero-order chi connectivity index (χ0) is 12.4. The van der Waals surface area contributed by atoms with Gasteiger partial charge in [0.25, 0.3) is 0 Å². The lowest BCUT2D eigenvalue weighted by molar-refractivity contribution is 0.418. The zero-order valence-electron chi connectivity index (χ0n) is 11.0. The number of H-pyrrole nitrogens is 1. The number of aromatic nitrogens is 1. The maximum absolute atomic E-state index is 5.43. The molecular formula is C14H20N2O. The van der Waals surface area contributed by atoms with Crippen LogP contribution >= 0.6 is 0 Å². The van der Waals surface area contributed by atoms with Gasteiger partial charge in [-0.05, 0) is 44.2 Å². The molecule has 0 fully saturated rings. The van der Waals surface area contributed by atoms with Crippen LogP contribution in [0.2, 0.25) is 0 Å². The monoisotopic (exact) mass is 232 g/mol. The molecule has 92 valence electrons. The van der Waals surface area contributed by atoms with Crippen LogP contribution in [0, 0.1) is 13.8 Å². The van der Waals surface area contributed by atoms with Crippen molar-refractivity contribution < 1.29 is 4.74 Å². The molecule has 0 unspecified atom stereocenters. The first-order valence-electron chi connectivity index (χ1n) is 5.97. The van der Waals surface area contributed by atoms with Gasteiger partial charge in [-0.2, -0.15) is 0 Å². The second-order valence-corrected chi connectivity index (χ2v) is 4.47. The highest BCUT2D eigenvalue weighted by Gasteiger charge is 2.11. The Morgan fingerprint density at radius 1 is 1.29 bits per heavy atom. The molecular weight excluding hydrogens is 212 g/mol. The fraction of sp³-hybridized carbons (Fsp3) is 0.429. The molecule has 3 heteroatoms. The Labute approximate surface area is 102 Å². The van der Waals surface area contributed by atoms with Crippen molar-refractivity contribution in [1.29, 1.82) is 0 Å². The van der Waals surface area contributed by atoms with Crippen molar-refractivity contribution >= 4 is 10.9 Å². The Morgan fingerprint density at radius 2 is 2.06 bits per heavy atom. The predicted octanol–water partition coefficient (Wildman–Crippen LogP) is 2.56. The van der Waals surface area contributed by atoms with E-state index in [4.69, 9.17) is 4.74 Å². The molecule has 0 saturated carbocycles. The second kappa shape index (κ2) is 4.80. The van der Waals surface area contributed by atoms with E-state index in [1.807, 2.05) is 7.05 Å². The number of methoxy groups -OCH3 is 1. The van der Waals surface area contributed by atoms with E-state index in [0.717, 1.165) is 24.2 Å². The first kappa shape index (κ1) is 12.0. The van der Waals surface area contributed by atoms with Gasteiger partial charge in [0.15, 0.2) is 0 Å². The fourth-order valence-electron chi connectivity index (χ4n) is 2.25. The molecule has 2 N–H and O–H groups in total. The summed E-state index contributed by atoms with van der Waals surface area (Å²) in [5.41, 5.74) is 4.97. The van der Waals surface area contributed by atoms with Gasteiger partial charge >= 0.3 is 0 Å². The molecule has 1 aromatic carbocycles. The Hall–Kier alpha value is -1.48. The van der Waals surface area contributed by atoms with Gasteiger partial charge < -0.3 is 15.0 Å². The van der Waals surface area contributed by atoms with Crippen LogP contribution in [-0.4, -0.2) is 25.7 Å². The Bertz CT molecular complexity index is 528. The second-order valence-electron chi connectivity index (χ2n) is 4.47. The number of likely N-dealkylation sites (N-methyl/N-ethyl adjacent to an activating group) is 1. The summed E-state index contributed by atoms with van der Waals surface area (Å²) in [7, 11) is 3.69. The van der Waals surface area contributed by atoms with Crippen molar-refractivity contribution in [1.82, 2.24) is 10.3 Å². The maximum Gasteiger partial charge on any atom is 0.143 e. The minimum Gasteiger partial charge on any atom is -0.495 e. The van der Waals surface area contributed by atoms with Crippen LogP contribution in [0.3, 0.4) is 0 Å². The van der Waals surface area contributed by atoms with Crippen molar-refractivity contribution in [2.24, 2.45) is 0 Å². The third-order valence-corrected chi connectivity index (χ3v) is 3.22. The molecule has 1 heterocycles. The van der Waals surface area contributed by atoms with Crippen LogP contribution in [0.25, 0.3) is 10.9 Å². The third-order valence-electron chi connectivity index (χ3n) is 3.22. The number of nitrogens with one attached hydrogen (secondary N) is 2.